The number of hydrogen-bond acceptors (Lipinski definition) is 2. The Morgan fingerprint density at radius 2 is 2.00 bits per heavy atom. The highest BCUT2D eigenvalue weighted by Crippen LogP contribution is 2.15. The first kappa shape index (κ1) is 10.9. The average molecular weight is 192 g/mol. The third kappa shape index (κ3) is 2.96. The van der Waals surface area contributed by atoms with E-state index in [-0.39, 0.29) is 12.5 Å². The maximum atomic E-state index is 10.2. The van der Waals surface area contributed by atoms with Gasteiger partial charge < -0.3 is 9.90 Å². The predicted octanol–water partition coefficient (Wildman–Crippen LogP) is 1.91. The lowest BCUT2D eigenvalue weighted by Gasteiger charge is -2.08. The molecule has 14 heavy (non-hydrogen) atoms. The summed E-state index contributed by atoms with van der Waals surface area (Å²) in [6.07, 6.45) is 2.32. The molecular formula is C12H16O2. The van der Waals surface area contributed by atoms with Crippen LogP contribution in [0, 0.1) is 0 Å². The van der Waals surface area contributed by atoms with E-state index in [0.717, 1.165) is 18.3 Å². The van der Waals surface area contributed by atoms with Crippen LogP contribution in [-0.2, 0) is 11.2 Å². The largest absolute Gasteiger partial charge is 0.396 e. The van der Waals surface area contributed by atoms with Gasteiger partial charge in [-0.1, -0.05) is 31.2 Å². The van der Waals surface area contributed by atoms with Gasteiger partial charge in [-0.05, 0) is 17.5 Å². The Balaban J connectivity index is 2.63. The molecule has 0 amide bonds. The molecule has 1 aromatic rings. The molecule has 0 spiro atoms. The van der Waals surface area contributed by atoms with Crippen molar-refractivity contribution in [2.24, 2.45) is 0 Å². The fourth-order valence-electron chi connectivity index (χ4n) is 1.34. The van der Waals surface area contributed by atoms with Gasteiger partial charge in [-0.15, -0.1) is 0 Å². The maximum Gasteiger partial charge on any atom is 0.120 e. The van der Waals surface area contributed by atoms with Crippen molar-refractivity contribution in [3.8, 4) is 0 Å². The van der Waals surface area contributed by atoms with Gasteiger partial charge in [0.05, 0.1) is 0 Å². The fraction of sp³-hybridized carbons (Fsp3) is 0.417. The Kier molecular flexibility index (Phi) is 4.33. The summed E-state index contributed by atoms with van der Waals surface area (Å²) in [4.78, 5) is 10.2. The first-order chi connectivity index (χ1) is 6.77. The minimum absolute atomic E-state index is 0.174. The molecule has 0 aliphatic heterocycles. The van der Waals surface area contributed by atoms with Crippen LogP contribution < -0.4 is 0 Å². The van der Waals surface area contributed by atoms with Gasteiger partial charge in [-0.25, -0.2) is 0 Å². The zero-order valence-electron chi connectivity index (χ0n) is 8.44. The Morgan fingerprint density at radius 3 is 2.50 bits per heavy atom. The topological polar surface area (TPSA) is 37.3 Å². The molecule has 1 aromatic carbocycles. The van der Waals surface area contributed by atoms with Crippen LogP contribution >= 0.6 is 0 Å². The van der Waals surface area contributed by atoms with E-state index in [0.29, 0.717) is 6.42 Å². The van der Waals surface area contributed by atoms with Gasteiger partial charge in [0.1, 0.15) is 6.29 Å². The van der Waals surface area contributed by atoms with E-state index in [1.807, 2.05) is 31.2 Å². The molecule has 1 atom stereocenters. The molecule has 0 aliphatic rings. The smallest absolute Gasteiger partial charge is 0.120 e. The number of aldehydes is 1. The molecule has 0 radical (unpaired) electrons. The zero-order valence-corrected chi connectivity index (χ0v) is 8.44. The average Bonchev–Trinajstić information content (AvgIpc) is 2.26. The standard InChI is InChI=1S/C12H16O2/c1-10(9-14)12-6-4-11(5-7-12)3-2-8-13/h4-8,10,14H,2-3,9H2,1H3. The van der Waals surface area contributed by atoms with Crippen LogP contribution in [0.5, 0.6) is 0 Å². The number of rotatable bonds is 5. The molecule has 2 heteroatoms. The van der Waals surface area contributed by atoms with Crippen LogP contribution in [0.15, 0.2) is 24.3 Å². The van der Waals surface area contributed by atoms with E-state index in [2.05, 4.69) is 0 Å². The molecule has 0 fully saturated rings. The van der Waals surface area contributed by atoms with Crippen LogP contribution in [0.2, 0.25) is 0 Å². The van der Waals surface area contributed by atoms with Crippen molar-refractivity contribution in [3.63, 3.8) is 0 Å². The van der Waals surface area contributed by atoms with Crippen LogP contribution in [0.4, 0.5) is 0 Å². The van der Waals surface area contributed by atoms with Crippen LogP contribution in [0.3, 0.4) is 0 Å². The molecule has 1 unspecified atom stereocenters. The second-order valence-electron chi connectivity index (χ2n) is 3.53. The number of aryl methyl sites for hydroxylation is 1. The SMILES string of the molecule is CC(CO)c1ccc(CCC=O)cc1. The molecule has 76 valence electrons. The third-order valence-corrected chi connectivity index (χ3v) is 2.37. The van der Waals surface area contributed by atoms with E-state index in [1.165, 1.54) is 5.56 Å². The highest BCUT2D eigenvalue weighted by molar-refractivity contribution is 5.50. The van der Waals surface area contributed by atoms with Gasteiger partial charge >= 0.3 is 0 Å². The van der Waals surface area contributed by atoms with Gasteiger partial charge in [0, 0.05) is 18.9 Å². The molecule has 0 saturated carbocycles. The van der Waals surface area contributed by atoms with Crippen molar-refractivity contribution >= 4 is 6.29 Å². The zero-order chi connectivity index (χ0) is 10.4. The van der Waals surface area contributed by atoms with Crippen LogP contribution in [0.1, 0.15) is 30.4 Å². The summed E-state index contributed by atoms with van der Waals surface area (Å²) < 4.78 is 0. The summed E-state index contributed by atoms with van der Waals surface area (Å²) in [6.45, 7) is 2.16. The Hall–Kier alpha value is -1.15. The molecule has 0 bridgehead atoms. The summed E-state index contributed by atoms with van der Waals surface area (Å²) in [5, 5.41) is 8.95. The van der Waals surface area contributed by atoms with Gasteiger partial charge in [-0.2, -0.15) is 0 Å². The fourth-order valence-corrected chi connectivity index (χ4v) is 1.34. The molecule has 2 nitrogen and oxygen atoms in total. The van der Waals surface area contributed by atoms with Crippen LogP contribution in [-0.4, -0.2) is 18.0 Å². The van der Waals surface area contributed by atoms with E-state index in [1.54, 1.807) is 0 Å². The summed E-state index contributed by atoms with van der Waals surface area (Å²) in [7, 11) is 0. The van der Waals surface area contributed by atoms with Crippen molar-refractivity contribution in [3.05, 3.63) is 35.4 Å². The highest BCUT2D eigenvalue weighted by Gasteiger charge is 2.02. The minimum atomic E-state index is 0.174. The number of aliphatic hydroxyl groups excluding tert-OH is 1. The summed E-state index contributed by atoms with van der Waals surface area (Å²) >= 11 is 0. The quantitative estimate of drug-likeness (QED) is 0.724. The summed E-state index contributed by atoms with van der Waals surface area (Å²) in [5.74, 6) is 0.190. The molecule has 1 N–H and O–H groups in total. The Bertz CT molecular complexity index is 277. The number of carbonyl (C=O) groups is 1. The maximum absolute atomic E-state index is 10.2. The van der Waals surface area contributed by atoms with Gasteiger partial charge in [0.15, 0.2) is 0 Å². The summed E-state index contributed by atoms with van der Waals surface area (Å²) in [5.41, 5.74) is 2.31. The second kappa shape index (κ2) is 5.55. The van der Waals surface area contributed by atoms with Crippen molar-refractivity contribution < 1.29 is 9.90 Å². The van der Waals surface area contributed by atoms with Crippen molar-refractivity contribution in [1.82, 2.24) is 0 Å². The lowest BCUT2D eigenvalue weighted by atomic mass is 9.99. The second-order valence-corrected chi connectivity index (χ2v) is 3.53. The molecule has 0 aromatic heterocycles. The van der Waals surface area contributed by atoms with Crippen LogP contribution in [0.25, 0.3) is 0 Å². The Morgan fingerprint density at radius 1 is 1.36 bits per heavy atom. The number of carbonyl (C=O) groups excluding carboxylic acids is 1. The molecule has 0 saturated heterocycles. The summed E-state index contributed by atoms with van der Waals surface area (Å²) in [6, 6.07) is 8.07. The normalized spacial score (nSPS) is 12.4. The van der Waals surface area contributed by atoms with Gasteiger partial charge in [0.25, 0.3) is 0 Å². The van der Waals surface area contributed by atoms with Gasteiger partial charge in [0.2, 0.25) is 0 Å². The highest BCUT2D eigenvalue weighted by atomic mass is 16.3. The first-order valence-electron chi connectivity index (χ1n) is 4.91. The van der Waals surface area contributed by atoms with E-state index in [9.17, 15) is 4.79 Å². The van der Waals surface area contributed by atoms with Gasteiger partial charge in [-0.3, -0.25) is 0 Å². The minimum Gasteiger partial charge on any atom is -0.396 e. The number of benzene rings is 1. The van der Waals surface area contributed by atoms with Crippen molar-refractivity contribution in [2.75, 3.05) is 6.61 Å². The van der Waals surface area contributed by atoms with E-state index < -0.39 is 0 Å². The van der Waals surface area contributed by atoms with Crippen molar-refractivity contribution in [1.29, 1.82) is 0 Å². The lowest BCUT2D eigenvalue weighted by Crippen LogP contribution is -1.98. The molecule has 0 heterocycles. The van der Waals surface area contributed by atoms with E-state index >= 15 is 0 Å². The van der Waals surface area contributed by atoms with E-state index in [4.69, 9.17) is 5.11 Å². The lowest BCUT2D eigenvalue weighted by molar-refractivity contribution is -0.107. The molecular weight excluding hydrogens is 176 g/mol. The Labute approximate surface area is 84.6 Å². The molecule has 1 rings (SSSR count). The first-order valence-corrected chi connectivity index (χ1v) is 4.91. The monoisotopic (exact) mass is 192 g/mol. The number of aliphatic hydroxyl groups is 1. The number of hydrogen-bond donors (Lipinski definition) is 1. The molecule has 0 aliphatic carbocycles. The predicted molar refractivity (Wildman–Crippen MR) is 56.3 cm³/mol. The van der Waals surface area contributed by atoms with Crippen molar-refractivity contribution in [2.45, 2.75) is 25.7 Å². The third-order valence-electron chi connectivity index (χ3n) is 2.37.